The van der Waals surface area contributed by atoms with Crippen molar-refractivity contribution >= 4 is 28.5 Å². The first-order valence-electron chi connectivity index (χ1n) is 6.42. The lowest BCUT2D eigenvalue weighted by Crippen LogP contribution is -2.37. The maximum atomic E-state index is 12.0. The van der Waals surface area contributed by atoms with E-state index in [0.717, 1.165) is 0 Å². The van der Waals surface area contributed by atoms with Crippen molar-refractivity contribution in [2.75, 3.05) is 12.0 Å². The summed E-state index contributed by atoms with van der Waals surface area (Å²) >= 11 is 6.14. The van der Waals surface area contributed by atoms with Crippen molar-refractivity contribution in [2.45, 2.75) is 25.5 Å². The normalized spacial score (nSPS) is 14.1. The fraction of sp³-hybridized carbons (Fsp3) is 0.400. The molecular weight excluding hydrogens is 310 g/mol. The average molecular weight is 330 g/mol. The summed E-state index contributed by atoms with van der Waals surface area (Å²) in [7, 11) is -1.09. The smallest absolute Gasteiger partial charge is 0.408 e. The molecule has 0 bridgehead atoms. The molecule has 4 nitrogen and oxygen atoms in total. The highest BCUT2D eigenvalue weighted by Gasteiger charge is 2.23. The van der Waals surface area contributed by atoms with Crippen molar-refractivity contribution in [3.05, 3.63) is 47.5 Å². The molecule has 0 radical (unpaired) electrons. The van der Waals surface area contributed by atoms with Crippen LogP contribution in [0.15, 0.2) is 36.9 Å². The Labute approximate surface area is 133 Å². The molecule has 0 saturated carbocycles. The molecule has 1 amide bonds. The summed E-state index contributed by atoms with van der Waals surface area (Å²) < 4.78 is 16.8. The van der Waals surface area contributed by atoms with Crippen LogP contribution < -0.4 is 5.32 Å². The van der Waals surface area contributed by atoms with Gasteiger partial charge in [-0.3, -0.25) is 4.21 Å². The van der Waals surface area contributed by atoms with E-state index in [1.807, 2.05) is 6.07 Å². The molecule has 0 spiro atoms. The molecule has 2 unspecified atom stereocenters. The van der Waals surface area contributed by atoms with Crippen molar-refractivity contribution in [2.24, 2.45) is 0 Å². The van der Waals surface area contributed by atoms with Crippen LogP contribution in [0.25, 0.3) is 0 Å². The van der Waals surface area contributed by atoms with Gasteiger partial charge >= 0.3 is 6.09 Å². The molecule has 116 valence electrons. The summed E-state index contributed by atoms with van der Waals surface area (Å²) in [5, 5.41) is 3.22. The third-order valence-electron chi connectivity index (χ3n) is 2.82. The third kappa shape index (κ3) is 5.89. The van der Waals surface area contributed by atoms with Crippen molar-refractivity contribution in [3.8, 4) is 0 Å². The van der Waals surface area contributed by atoms with E-state index in [9.17, 15) is 9.00 Å². The fourth-order valence-electron chi connectivity index (χ4n) is 1.65. The van der Waals surface area contributed by atoms with Gasteiger partial charge in [0, 0.05) is 27.8 Å². The van der Waals surface area contributed by atoms with E-state index in [0.29, 0.717) is 10.6 Å². The second kappa shape index (κ2) is 7.61. The number of hydrogen-bond acceptors (Lipinski definition) is 3. The summed E-state index contributed by atoms with van der Waals surface area (Å²) in [6.45, 7) is 7.06. The SMILES string of the molecule is C=CC(C)(C)OC(=O)NC(CS(C)=O)c1ccccc1Cl. The molecule has 1 aromatic rings. The lowest BCUT2D eigenvalue weighted by Gasteiger charge is -2.24. The third-order valence-corrected chi connectivity index (χ3v) is 3.97. The van der Waals surface area contributed by atoms with Crippen molar-refractivity contribution in [1.82, 2.24) is 5.32 Å². The maximum Gasteiger partial charge on any atom is 0.408 e. The number of hydrogen-bond donors (Lipinski definition) is 1. The Morgan fingerprint density at radius 3 is 2.67 bits per heavy atom. The number of carbonyl (C=O) groups excluding carboxylic acids is 1. The van der Waals surface area contributed by atoms with Crippen molar-refractivity contribution in [1.29, 1.82) is 0 Å². The minimum atomic E-state index is -1.09. The van der Waals surface area contributed by atoms with Crippen LogP contribution >= 0.6 is 11.6 Å². The molecule has 21 heavy (non-hydrogen) atoms. The Bertz CT molecular complexity index is 545. The van der Waals surface area contributed by atoms with Crippen LogP contribution in [-0.2, 0) is 15.5 Å². The fourth-order valence-corrected chi connectivity index (χ4v) is 2.65. The van der Waals surface area contributed by atoms with E-state index < -0.39 is 28.5 Å². The first-order valence-corrected chi connectivity index (χ1v) is 8.53. The van der Waals surface area contributed by atoms with Gasteiger partial charge < -0.3 is 10.1 Å². The second-order valence-electron chi connectivity index (χ2n) is 5.16. The van der Waals surface area contributed by atoms with E-state index in [2.05, 4.69) is 11.9 Å². The number of halogens is 1. The van der Waals surface area contributed by atoms with E-state index >= 15 is 0 Å². The highest BCUT2D eigenvalue weighted by atomic mass is 35.5. The predicted molar refractivity (Wildman–Crippen MR) is 87.0 cm³/mol. The van der Waals surface area contributed by atoms with Crippen LogP contribution in [-0.4, -0.2) is 27.9 Å². The quantitative estimate of drug-likeness (QED) is 0.813. The molecule has 0 aliphatic rings. The molecule has 0 heterocycles. The van der Waals surface area contributed by atoms with Crippen molar-refractivity contribution < 1.29 is 13.7 Å². The van der Waals surface area contributed by atoms with Crippen LogP contribution in [0.3, 0.4) is 0 Å². The van der Waals surface area contributed by atoms with Crippen LogP contribution in [0.2, 0.25) is 5.02 Å². The van der Waals surface area contributed by atoms with Gasteiger partial charge in [-0.05, 0) is 31.6 Å². The van der Waals surface area contributed by atoms with E-state index in [4.69, 9.17) is 16.3 Å². The van der Waals surface area contributed by atoms with Gasteiger partial charge in [-0.1, -0.05) is 36.4 Å². The Morgan fingerprint density at radius 1 is 1.52 bits per heavy atom. The van der Waals surface area contributed by atoms with Crippen LogP contribution in [0, 0.1) is 0 Å². The molecule has 0 aromatic heterocycles. The predicted octanol–water partition coefficient (Wildman–Crippen LogP) is 3.45. The second-order valence-corrected chi connectivity index (χ2v) is 7.04. The number of carbonyl (C=O) groups is 1. The van der Waals surface area contributed by atoms with Crippen LogP contribution in [0.1, 0.15) is 25.5 Å². The van der Waals surface area contributed by atoms with Crippen LogP contribution in [0.5, 0.6) is 0 Å². The molecule has 2 atom stereocenters. The first-order chi connectivity index (χ1) is 9.75. The summed E-state index contributed by atoms with van der Waals surface area (Å²) in [5.74, 6) is 0.257. The van der Waals surface area contributed by atoms with E-state index in [1.54, 1.807) is 38.3 Å². The number of amides is 1. The van der Waals surface area contributed by atoms with Gasteiger partial charge in [-0.15, -0.1) is 0 Å². The Hall–Kier alpha value is -1.33. The summed E-state index contributed by atoms with van der Waals surface area (Å²) in [6.07, 6.45) is 2.51. The number of nitrogens with one attached hydrogen (secondary N) is 1. The molecule has 0 saturated heterocycles. The van der Waals surface area contributed by atoms with Gasteiger partial charge in [-0.25, -0.2) is 4.79 Å². The highest BCUT2D eigenvalue weighted by Crippen LogP contribution is 2.24. The molecule has 0 aliphatic carbocycles. The zero-order valence-corrected chi connectivity index (χ0v) is 14.0. The number of alkyl carbamates (subject to hydrolysis) is 1. The van der Waals surface area contributed by atoms with Crippen molar-refractivity contribution in [3.63, 3.8) is 0 Å². The van der Waals surface area contributed by atoms with Gasteiger partial charge in [0.05, 0.1) is 6.04 Å². The topological polar surface area (TPSA) is 55.4 Å². The average Bonchev–Trinajstić information content (AvgIpc) is 2.37. The first kappa shape index (κ1) is 17.7. The molecule has 6 heteroatoms. The van der Waals surface area contributed by atoms with E-state index in [1.165, 1.54) is 6.08 Å². The number of rotatable bonds is 6. The maximum absolute atomic E-state index is 12.0. The zero-order chi connectivity index (χ0) is 16.0. The summed E-state index contributed by atoms with van der Waals surface area (Å²) in [6, 6.07) is 6.65. The highest BCUT2D eigenvalue weighted by molar-refractivity contribution is 7.84. The monoisotopic (exact) mass is 329 g/mol. The molecule has 1 N–H and O–H groups in total. The van der Waals surface area contributed by atoms with Gasteiger partial charge in [0.25, 0.3) is 0 Å². The van der Waals surface area contributed by atoms with Crippen LogP contribution in [0.4, 0.5) is 4.79 Å². The Kier molecular flexibility index (Phi) is 6.42. The Balaban J connectivity index is 2.90. The van der Waals surface area contributed by atoms with E-state index in [-0.39, 0.29) is 5.75 Å². The van der Waals surface area contributed by atoms with Gasteiger partial charge in [0.1, 0.15) is 5.60 Å². The Morgan fingerprint density at radius 2 is 2.14 bits per heavy atom. The lowest BCUT2D eigenvalue weighted by atomic mass is 10.1. The standard InChI is InChI=1S/C15H20ClNO3S/c1-5-15(2,3)20-14(18)17-13(10-21(4)19)11-8-6-7-9-12(11)16/h5-9,13H,1,10H2,2-4H3,(H,17,18). The summed E-state index contributed by atoms with van der Waals surface area (Å²) in [5.41, 5.74) is -0.0664. The molecular formula is C15H20ClNO3S. The van der Waals surface area contributed by atoms with Gasteiger partial charge in [0.2, 0.25) is 0 Å². The molecule has 0 aliphatic heterocycles. The molecule has 1 aromatic carbocycles. The zero-order valence-electron chi connectivity index (χ0n) is 12.4. The van der Waals surface area contributed by atoms with Gasteiger partial charge in [-0.2, -0.15) is 0 Å². The molecule has 1 rings (SSSR count). The number of benzene rings is 1. The summed E-state index contributed by atoms with van der Waals surface area (Å²) in [4.78, 5) is 12.0. The lowest BCUT2D eigenvalue weighted by molar-refractivity contribution is 0.0702. The number of ether oxygens (including phenoxy) is 1. The molecule has 0 fully saturated rings. The van der Waals surface area contributed by atoms with Gasteiger partial charge in [0.15, 0.2) is 0 Å². The minimum Gasteiger partial charge on any atom is -0.439 e. The largest absolute Gasteiger partial charge is 0.439 e. The minimum absolute atomic E-state index is 0.257.